The highest BCUT2D eigenvalue weighted by molar-refractivity contribution is 5.75. The zero-order chi connectivity index (χ0) is 13.9. The van der Waals surface area contributed by atoms with Gasteiger partial charge in [0.2, 0.25) is 0 Å². The van der Waals surface area contributed by atoms with Gasteiger partial charge in [-0.25, -0.2) is 0 Å². The predicted molar refractivity (Wildman–Crippen MR) is 83.4 cm³/mol. The number of allylic oxidation sites excluding steroid dienone is 2. The second-order valence-corrected chi connectivity index (χ2v) is 5.80. The molecule has 0 saturated carbocycles. The summed E-state index contributed by atoms with van der Waals surface area (Å²) in [6, 6.07) is 2.27. The standard InChI is InChI=1S/C18H23NO/c1-13(20-2)16-12-15-10-7-11-17(15)19-18(16)14-8-5-3-4-6-9-14/h8,12H,1,3-7,9-11H2,2H3. The van der Waals surface area contributed by atoms with Crippen LogP contribution in [0.1, 0.15) is 61.0 Å². The van der Waals surface area contributed by atoms with Crippen molar-refractivity contribution in [2.24, 2.45) is 0 Å². The number of methoxy groups -OCH3 is 1. The molecule has 0 N–H and O–H groups in total. The van der Waals surface area contributed by atoms with Crippen LogP contribution in [-0.4, -0.2) is 12.1 Å². The van der Waals surface area contributed by atoms with Gasteiger partial charge in [-0.2, -0.15) is 0 Å². The average Bonchev–Trinajstić information content (AvgIpc) is 2.76. The van der Waals surface area contributed by atoms with Crippen molar-refractivity contribution in [2.45, 2.75) is 51.4 Å². The van der Waals surface area contributed by atoms with Crippen LogP contribution in [0.5, 0.6) is 0 Å². The lowest BCUT2D eigenvalue weighted by Gasteiger charge is -2.15. The molecule has 20 heavy (non-hydrogen) atoms. The van der Waals surface area contributed by atoms with Crippen molar-refractivity contribution in [3.05, 3.63) is 41.2 Å². The number of pyridine rings is 1. The lowest BCUT2D eigenvalue weighted by atomic mass is 9.98. The van der Waals surface area contributed by atoms with Gasteiger partial charge in [0.1, 0.15) is 5.76 Å². The summed E-state index contributed by atoms with van der Waals surface area (Å²) in [5, 5.41) is 0. The summed E-state index contributed by atoms with van der Waals surface area (Å²) in [5.74, 6) is 0.743. The number of aromatic nitrogens is 1. The maximum absolute atomic E-state index is 5.40. The Morgan fingerprint density at radius 1 is 1.15 bits per heavy atom. The summed E-state index contributed by atoms with van der Waals surface area (Å²) >= 11 is 0. The predicted octanol–water partition coefficient (Wildman–Crippen LogP) is 4.53. The lowest BCUT2D eigenvalue weighted by Crippen LogP contribution is -2.02. The van der Waals surface area contributed by atoms with E-state index in [1.807, 2.05) is 0 Å². The van der Waals surface area contributed by atoms with Gasteiger partial charge in [0.05, 0.1) is 12.8 Å². The Labute approximate surface area is 121 Å². The molecule has 0 spiro atoms. The summed E-state index contributed by atoms with van der Waals surface area (Å²) in [6.45, 7) is 4.06. The van der Waals surface area contributed by atoms with Crippen LogP contribution in [0.4, 0.5) is 0 Å². The molecule has 2 nitrogen and oxygen atoms in total. The van der Waals surface area contributed by atoms with Crippen LogP contribution in [0, 0.1) is 0 Å². The molecule has 3 rings (SSSR count). The number of hydrogen-bond donors (Lipinski definition) is 0. The molecule has 0 atom stereocenters. The second-order valence-electron chi connectivity index (χ2n) is 5.80. The van der Waals surface area contributed by atoms with E-state index in [1.54, 1.807) is 7.11 Å². The first-order valence-electron chi connectivity index (χ1n) is 7.75. The van der Waals surface area contributed by atoms with Crippen molar-refractivity contribution in [1.82, 2.24) is 4.98 Å². The van der Waals surface area contributed by atoms with E-state index >= 15 is 0 Å². The Bertz CT molecular complexity index is 557. The van der Waals surface area contributed by atoms with Crippen LogP contribution < -0.4 is 0 Å². The zero-order valence-corrected chi connectivity index (χ0v) is 12.4. The highest BCUT2D eigenvalue weighted by Crippen LogP contribution is 2.33. The molecule has 0 radical (unpaired) electrons. The summed E-state index contributed by atoms with van der Waals surface area (Å²) in [7, 11) is 1.70. The van der Waals surface area contributed by atoms with E-state index < -0.39 is 0 Å². The van der Waals surface area contributed by atoms with Crippen molar-refractivity contribution in [3.8, 4) is 0 Å². The van der Waals surface area contributed by atoms with Crippen LogP contribution in [0.2, 0.25) is 0 Å². The average molecular weight is 269 g/mol. The van der Waals surface area contributed by atoms with Gasteiger partial charge in [0.15, 0.2) is 0 Å². The van der Waals surface area contributed by atoms with E-state index in [1.165, 1.54) is 48.9 Å². The molecule has 0 amide bonds. The SMILES string of the molecule is C=C(OC)c1cc2c(nc1C1=CCCCCC1)CCC2. The van der Waals surface area contributed by atoms with Crippen molar-refractivity contribution in [1.29, 1.82) is 0 Å². The molecule has 2 aliphatic rings. The van der Waals surface area contributed by atoms with E-state index in [0.29, 0.717) is 0 Å². The van der Waals surface area contributed by atoms with E-state index in [0.717, 1.165) is 36.3 Å². The van der Waals surface area contributed by atoms with E-state index in [4.69, 9.17) is 9.72 Å². The fourth-order valence-electron chi connectivity index (χ4n) is 3.27. The number of aryl methyl sites for hydroxylation is 2. The van der Waals surface area contributed by atoms with Crippen LogP contribution in [0.15, 0.2) is 18.7 Å². The molecular formula is C18H23NO. The van der Waals surface area contributed by atoms with Gasteiger partial charge in [0, 0.05) is 11.3 Å². The summed E-state index contributed by atoms with van der Waals surface area (Å²) in [5.41, 5.74) is 6.29. The number of nitrogens with zero attached hydrogens (tertiary/aromatic N) is 1. The number of fused-ring (bicyclic) bond motifs is 1. The molecule has 2 aliphatic carbocycles. The van der Waals surface area contributed by atoms with Crippen molar-refractivity contribution in [2.75, 3.05) is 7.11 Å². The third kappa shape index (κ3) is 2.52. The molecule has 0 saturated heterocycles. The van der Waals surface area contributed by atoms with Gasteiger partial charge >= 0.3 is 0 Å². The molecule has 1 aromatic heterocycles. The Balaban J connectivity index is 2.07. The maximum Gasteiger partial charge on any atom is 0.121 e. The van der Waals surface area contributed by atoms with Gasteiger partial charge in [-0.15, -0.1) is 0 Å². The number of ether oxygens (including phenoxy) is 1. The minimum Gasteiger partial charge on any atom is -0.497 e. The Hall–Kier alpha value is -1.57. The monoisotopic (exact) mass is 269 g/mol. The fraction of sp³-hybridized carbons (Fsp3) is 0.500. The second kappa shape index (κ2) is 5.82. The van der Waals surface area contributed by atoms with Crippen LogP contribution >= 0.6 is 0 Å². The highest BCUT2D eigenvalue weighted by atomic mass is 16.5. The van der Waals surface area contributed by atoms with E-state index in [2.05, 4.69) is 18.7 Å². The van der Waals surface area contributed by atoms with Crippen molar-refractivity contribution in [3.63, 3.8) is 0 Å². The Morgan fingerprint density at radius 3 is 2.90 bits per heavy atom. The third-order valence-corrected chi connectivity index (χ3v) is 4.44. The molecule has 1 heterocycles. The van der Waals surface area contributed by atoms with Crippen molar-refractivity contribution >= 4 is 11.3 Å². The van der Waals surface area contributed by atoms with Crippen LogP contribution in [-0.2, 0) is 17.6 Å². The minimum absolute atomic E-state index is 0.743. The lowest BCUT2D eigenvalue weighted by molar-refractivity contribution is 0.371. The third-order valence-electron chi connectivity index (χ3n) is 4.44. The summed E-state index contributed by atoms with van der Waals surface area (Å²) in [4.78, 5) is 4.98. The molecule has 106 valence electrons. The molecule has 2 heteroatoms. The Kier molecular flexibility index (Phi) is 3.90. The van der Waals surface area contributed by atoms with E-state index in [-0.39, 0.29) is 0 Å². The van der Waals surface area contributed by atoms with Gasteiger partial charge < -0.3 is 4.74 Å². The topological polar surface area (TPSA) is 22.1 Å². The van der Waals surface area contributed by atoms with Crippen LogP contribution in [0.25, 0.3) is 11.3 Å². The normalized spacial score (nSPS) is 18.1. The Morgan fingerprint density at radius 2 is 2.05 bits per heavy atom. The van der Waals surface area contributed by atoms with E-state index in [9.17, 15) is 0 Å². The first kappa shape index (κ1) is 13.4. The largest absolute Gasteiger partial charge is 0.497 e. The van der Waals surface area contributed by atoms with Gasteiger partial charge in [-0.3, -0.25) is 4.98 Å². The summed E-state index contributed by atoms with van der Waals surface area (Å²) in [6.07, 6.45) is 12.1. The summed E-state index contributed by atoms with van der Waals surface area (Å²) < 4.78 is 5.40. The first-order chi connectivity index (χ1) is 9.79. The smallest absolute Gasteiger partial charge is 0.121 e. The van der Waals surface area contributed by atoms with Gasteiger partial charge in [0.25, 0.3) is 0 Å². The minimum atomic E-state index is 0.743. The van der Waals surface area contributed by atoms with Crippen molar-refractivity contribution < 1.29 is 4.74 Å². The molecular weight excluding hydrogens is 246 g/mol. The highest BCUT2D eigenvalue weighted by Gasteiger charge is 2.20. The van der Waals surface area contributed by atoms with Crippen LogP contribution in [0.3, 0.4) is 0 Å². The molecule has 0 aromatic carbocycles. The molecule has 0 bridgehead atoms. The van der Waals surface area contributed by atoms with Gasteiger partial charge in [-0.1, -0.05) is 19.1 Å². The fourth-order valence-corrected chi connectivity index (χ4v) is 3.27. The molecule has 0 unspecified atom stereocenters. The molecule has 0 fully saturated rings. The van der Waals surface area contributed by atoms with Gasteiger partial charge in [-0.05, 0) is 62.1 Å². The quantitative estimate of drug-likeness (QED) is 0.752. The molecule has 0 aliphatic heterocycles. The molecule has 1 aromatic rings. The maximum atomic E-state index is 5.40. The number of rotatable bonds is 3. The zero-order valence-electron chi connectivity index (χ0n) is 12.4. The number of hydrogen-bond acceptors (Lipinski definition) is 2. The first-order valence-corrected chi connectivity index (χ1v) is 7.75.